The summed E-state index contributed by atoms with van der Waals surface area (Å²) in [5, 5.41) is 9.99. The van der Waals surface area contributed by atoms with Crippen LogP contribution < -0.4 is 10.0 Å². The van der Waals surface area contributed by atoms with Crippen molar-refractivity contribution < 1.29 is 8.42 Å². The molecule has 0 bridgehead atoms. The minimum absolute atomic E-state index is 0.0593. The van der Waals surface area contributed by atoms with Crippen molar-refractivity contribution in [1.29, 1.82) is 0 Å². The third-order valence-electron chi connectivity index (χ3n) is 3.54. The molecule has 0 saturated heterocycles. The topological polar surface area (TPSA) is 86.9 Å². The second-order valence-electron chi connectivity index (χ2n) is 5.31. The lowest BCUT2D eigenvalue weighted by molar-refractivity contribution is 0.270. The summed E-state index contributed by atoms with van der Waals surface area (Å²) in [6.07, 6.45) is 1.82. The fourth-order valence-corrected chi connectivity index (χ4v) is 3.84. The van der Waals surface area contributed by atoms with E-state index < -0.39 is 10.0 Å². The molecule has 7 heteroatoms. The smallest absolute Gasteiger partial charge is 0.260 e. The highest BCUT2D eigenvalue weighted by atomic mass is 32.2. The van der Waals surface area contributed by atoms with E-state index in [9.17, 15) is 8.42 Å². The number of nitrogens with one attached hydrogen (secondary N) is 3. The molecule has 0 atom stereocenters. The predicted octanol–water partition coefficient (Wildman–Crippen LogP) is 0.904. The number of sulfonamides is 1. The Morgan fingerprint density at radius 2 is 2.11 bits per heavy atom. The molecule has 108 valence electrons. The highest BCUT2D eigenvalue weighted by Gasteiger charge is 2.32. The van der Waals surface area contributed by atoms with Gasteiger partial charge in [0.25, 0.3) is 10.0 Å². The fraction of sp³-hybridized carbons (Fsp3) is 0.750. The molecule has 6 nitrogen and oxygen atoms in total. The number of H-pyrrole nitrogens is 1. The van der Waals surface area contributed by atoms with Crippen LogP contribution in [-0.2, 0) is 16.6 Å². The molecule has 1 aliphatic rings. The number of nitrogens with zero attached hydrogens (tertiary/aromatic N) is 1. The van der Waals surface area contributed by atoms with Gasteiger partial charge in [0, 0.05) is 23.8 Å². The summed E-state index contributed by atoms with van der Waals surface area (Å²) in [7, 11) is -3.52. The van der Waals surface area contributed by atoms with E-state index in [-0.39, 0.29) is 11.1 Å². The molecular formula is C12H22N4O2S. The highest BCUT2D eigenvalue weighted by Crippen LogP contribution is 2.28. The molecule has 1 aromatic rings. The molecule has 19 heavy (non-hydrogen) atoms. The molecule has 0 aromatic carbocycles. The zero-order valence-corrected chi connectivity index (χ0v) is 12.5. The maximum absolute atomic E-state index is 12.3. The van der Waals surface area contributed by atoms with Crippen LogP contribution in [0.4, 0.5) is 0 Å². The molecule has 2 rings (SSSR count). The summed E-state index contributed by atoms with van der Waals surface area (Å²) >= 11 is 0. The third-order valence-corrected chi connectivity index (χ3v) is 5.03. The minimum Gasteiger partial charge on any atom is -0.313 e. The number of aryl methyl sites for hydroxylation is 1. The Bertz CT molecular complexity index is 532. The van der Waals surface area contributed by atoms with Crippen LogP contribution in [0.25, 0.3) is 0 Å². The van der Waals surface area contributed by atoms with Crippen molar-refractivity contribution >= 4 is 10.0 Å². The third kappa shape index (κ3) is 3.16. The van der Waals surface area contributed by atoms with Crippen LogP contribution >= 0.6 is 0 Å². The molecule has 1 fully saturated rings. The van der Waals surface area contributed by atoms with Crippen LogP contribution in [0, 0.1) is 12.8 Å². The molecule has 0 spiro atoms. The summed E-state index contributed by atoms with van der Waals surface area (Å²) in [5.74, 6) is 0.606. The van der Waals surface area contributed by atoms with E-state index >= 15 is 0 Å². The zero-order valence-electron chi connectivity index (χ0n) is 11.7. The number of aromatic amines is 1. The predicted molar refractivity (Wildman–Crippen MR) is 73.2 cm³/mol. The molecule has 3 N–H and O–H groups in total. The van der Waals surface area contributed by atoms with E-state index in [1.807, 2.05) is 13.8 Å². The van der Waals surface area contributed by atoms with Gasteiger partial charge in [-0.05, 0) is 32.2 Å². The Morgan fingerprint density at radius 3 is 2.68 bits per heavy atom. The number of rotatable bonds is 6. The lowest BCUT2D eigenvalue weighted by Crippen LogP contribution is -2.43. The molecule has 0 amide bonds. The maximum atomic E-state index is 12.3. The first kappa shape index (κ1) is 14.5. The second kappa shape index (κ2) is 5.60. The van der Waals surface area contributed by atoms with Crippen LogP contribution in [-0.4, -0.2) is 31.2 Å². The molecule has 1 aliphatic carbocycles. The highest BCUT2D eigenvalue weighted by molar-refractivity contribution is 7.89. The molecule has 0 radical (unpaired) electrons. The van der Waals surface area contributed by atoms with Gasteiger partial charge >= 0.3 is 0 Å². The van der Waals surface area contributed by atoms with Crippen molar-refractivity contribution in [3.8, 4) is 0 Å². The Hall–Kier alpha value is -0.920. The molecular weight excluding hydrogens is 264 g/mol. The average Bonchev–Trinajstić information content (AvgIpc) is 2.66. The van der Waals surface area contributed by atoms with E-state index in [0.29, 0.717) is 12.5 Å². The first-order valence-corrected chi connectivity index (χ1v) is 8.19. The fourth-order valence-electron chi connectivity index (χ4n) is 2.38. The van der Waals surface area contributed by atoms with E-state index in [1.165, 1.54) is 0 Å². The lowest BCUT2D eigenvalue weighted by Gasteiger charge is -2.32. The van der Waals surface area contributed by atoms with Crippen LogP contribution in [0.1, 0.15) is 37.9 Å². The van der Waals surface area contributed by atoms with Crippen LogP contribution in [0.5, 0.6) is 0 Å². The molecule has 1 heterocycles. The normalized spacial score (nSPS) is 23.3. The first-order chi connectivity index (χ1) is 8.94. The molecule has 0 aliphatic heterocycles. The van der Waals surface area contributed by atoms with E-state index in [4.69, 9.17) is 0 Å². The summed E-state index contributed by atoms with van der Waals surface area (Å²) in [6, 6.07) is 0.0593. The largest absolute Gasteiger partial charge is 0.313 e. The van der Waals surface area contributed by atoms with Crippen molar-refractivity contribution in [2.24, 2.45) is 5.92 Å². The molecule has 1 aromatic heterocycles. The van der Waals surface area contributed by atoms with Gasteiger partial charge in [-0.2, -0.15) is 5.10 Å². The van der Waals surface area contributed by atoms with Gasteiger partial charge in [-0.1, -0.05) is 13.8 Å². The Kier molecular flexibility index (Phi) is 4.27. The Labute approximate surface area is 114 Å². The van der Waals surface area contributed by atoms with Gasteiger partial charge in [0.2, 0.25) is 0 Å². The van der Waals surface area contributed by atoms with Gasteiger partial charge in [0.1, 0.15) is 0 Å². The van der Waals surface area contributed by atoms with Gasteiger partial charge in [-0.25, -0.2) is 13.1 Å². The van der Waals surface area contributed by atoms with Crippen molar-refractivity contribution in [1.82, 2.24) is 20.2 Å². The minimum atomic E-state index is -3.52. The van der Waals surface area contributed by atoms with Gasteiger partial charge in [0.05, 0.1) is 0 Å². The average molecular weight is 286 g/mol. The van der Waals surface area contributed by atoms with Gasteiger partial charge in [0.15, 0.2) is 5.03 Å². The van der Waals surface area contributed by atoms with Crippen molar-refractivity contribution in [2.75, 3.05) is 6.54 Å². The standard InChI is InChI=1S/C12H22N4O2S/c1-4-13-7-11-9(3)14-15-12(11)19(17,18)16-10-5-8(2)6-10/h8,10,13,16H,4-7H2,1-3H3,(H,14,15). The number of hydrogen-bond donors (Lipinski definition) is 3. The second-order valence-corrected chi connectivity index (χ2v) is 6.94. The van der Waals surface area contributed by atoms with Crippen LogP contribution in [0.2, 0.25) is 0 Å². The maximum Gasteiger partial charge on any atom is 0.260 e. The summed E-state index contributed by atoms with van der Waals surface area (Å²) in [4.78, 5) is 0. The van der Waals surface area contributed by atoms with Crippen LogP contribution in [0.3, 0.4) is 0 Å². The monoisotopic (exact) mass is 286 g/mol. The van der Waals surface area contributed by atoms with Gasteiger partial charge in [-0.3, -0.25) is 5.10 Å². The van der Waals surface area contributed by atoms with Crippen molar-refractivity contribution in [3.05, 3.63) is 11.3 Å². The molecule has 0 unspecified atom stereocenters. The summed E-state index contributed by atoms with van der Waals surface area (Å²) in [6.45, 7) is 7.25. The Morgan fingerprint density at radius 1 is 1.42 bits per heavy atom. The quantitative estimate of drug-likeness (QED) is 0.725. The van der Waals surface area contributed by atoms with Crippen molar-refractivity contribution in [2.45, 2.75) is 51.2 Å². The Balaban J connectivity index is 2.15. The van der Waals surface area contributed by atoms with Crippen LogP contribution in [0.15, 0.2) is 5.03 Å². The van der Waals surface area contributed by atoms with Gasteiger partial charge in [-0.15, -0.1) is 0 Å². The molecule has 1 saturated carbocycles. The lowest BCUT2D eigenvalue weighted by atomic mass is 9.83. The number of hydrogen-bond acceptors (Lipinski definition) is 4. The van der Waals surface area contributed by atoms with Gasteiger partial charge < -0.3 is 5.32 Å². The van der Waals surface area contributed by atoms with E-state index in [2.05, 4.69) is 27.2 Å². The SMILES string of the molecule is CCNCc1c(S(=O)(=O)NC2CC(C)C2)n[nH]c1C. The summed E-state index contributed by atoms with van der Waals surface area (Å²) in [5.41, 5.74) is 1.52. The van der Waals surface area contributed by atoms with Crippen molar-refractivity contribution in [3.63, 3.8) is 0 Å². The first-order valence-electron chi connectivity index (χ1n) is 6.71. The van der Waals surface area contributed by atoms with E-state index in [1.54, 1.807) is 0 Å². The summed E-state index contributed by atoms with van der Waals surface area (Å²) < 4.78 is 27.4. The number of aromatic nitrogens is 2. The zero-order chi connectivity index (χ0) is 14.0. The van der Waals surface area contributed by atoms with E-state index in [0.717, 1.165) is 30.6 Å².